The van der Waals surface area contributed by atoms with E-state index < -0.39 is 0 Å². The summed E-state index contributed by atoms with van der Waals surface area (Å²) >= 11 is 0. The number of aldehydes is 1. The van der Waals surface area contributed by atoms with E-state index in [4.69, 9.17) is 0 Å². The van der Waals surface area contributed by atoms with Gasteiger partial charge in [-0.05, 0) is 13.3 Å². The Balaban J connectivity index is 2.85. The summed E-state index contributed by atoms with van der Waals surface area (Å²) in [4.78, 5) is 10.3. The Bertz CT molecular complexity index is 219. The molecule has 0 aromatic rings. The van der Waals surface area contributed by atoms with Crippen LogP contribution in [0.4, 0.5) is 0 Å². The van der Waals surface area contributed by atoms with Gasteiger partial charge in [-0.15, -0.1) is 0 Å². The molecule has 52 valence electrons. The van der Waals surface area contributed by atoms with Crippen LogP contribution in [0.5, 0.6) is 0 Å². The maximum Gasteiger partial charge on any atom is 0.150 e. The molecule has 0 spiro atoms. The van der Waals surface area contributed by atoms with Crippen molar-refractivity contribution in [3.05, 3.63) is 35.5 Å². The summed E-state index contributed by atoms with van der Waals surface area (Å²) in [5.74, 6) is 0. The fraction of sp³-hybridized carbons (Fsp3) is 0.222. The van der Waals surface area contributed by atoms with Crippen LogP contribution in [-0.2, 0) is 4.79 Å². The van der Waals surface area contributed by atoms with Crippen molar-refractivity contribution in [2.75, 3.05) is 0 Å². The first-order valence-electron chi connectivity index (χ1n) is 3.32. The molecule has 10 heavy (non-hydrogen) atoms. The van der Waals surface area contributed by atoms with E-state index >= 15 is 0 Å². The van der Waals surface area contributed by atoms with Crippen LogP contribution in [0.3, 0.4) is 0 Å². The van der Waals surface area contributed by atoms with Crippen LogP contribution in [0.25, 0.3) is 0 Å². The standard InChI is InChI=1S/C9H10O/c1-8-3-2-4-9(7-10)6-5-8/h2,4-7H,3H2,1H3. The monoisotopic (exact) mass is 134 g/mol. The van der Waals surface area contributed by atoms with Crippen molar-refractivity contribution in [2.24, 2.45) is 0 Å². The van der Waals surface area contributed by atoms with E-state index in [1.165, 1.54) is 5.57 Å². The largest absolute Gasteiger partial charge is 0.298 e. The first kappa shape index (κ1) is 7.00. The normalized spacial score (nSPS) is 17.3. The van der Waals surface area contributed by atoms with Crippen LogP contribution < -0.4 is 0 Å². The maximum absolute atomic E-state index is 10.3. The minimum atomic E-state index is 0.747. The first-order chi connectivity index (χ1) is 4.83. The lowest BCUT2D eigenvalue weighted by Gasteiger charge is -1.86. The minimum Gasteiger partial charge on any atom is -0.298 e. The van der Waals surface area contributed by atoms with Gasteiger partial charge in [0.15, 0.2) is 0 Å². The Labute approximate surface area is 60.7 Å². The second-order valence-corrected chi connectivity index (χ2v) is 2.40. The summed E-state index contributed by atoms with van der Waals surface area (Å²) in [7, 11) is 0. The molecule has 1 rings (SSSR count). The highest BCUT2D eigenvalue weighted by molar-refractivity contribution is 5.78. The molecule has 0 aliphatic heterocycles. The van der Waals surface area contributed by atoms with Gasteiger partial charge in [-0.1, -0.05) is 29.9 Å². The van der Waals surface area contributed by atoms with E-state index in [1.54, 1.807) is 0 Å². The molecule has 0 heterocycles. The smallest absolute Gasteiger partial charge is 0.150 e. The van der Waals surface area contributed by atoms with Crippen molar-refractivity contribution in [1.29, 1.82) is 0 Å². The summed E-state index contributed by atoms with van der Waals surface area (Å²) < 4.78 is 0. The lowest BCUT2D eigenvalue weighted by atomic mass is 10.2. The molecule has 0 aromatic heterocycles. The molecule has 0 unspecified atom stereocenters. The fourth-order valence-corrected chi connectivity index (χ4v) is 0.822. The van der Waals surface area contributed by atoms with Gasteiger partial charge in [0.05, 0.1) is 0 Å². The molecule has 0 fully saturated rings. The van der Waals surface area contributed by atoms with Crippen molar-refractivity contribution in [1.82, 2.24) is 0 Å². The van der Waals surface area contributed by atoms with Gasteiger partial charge in [0, 0.05) is 5.57 Å². The van der Waals surface area contributed by atoms with Crippen molar-refractivity contribution in [3.63, 3.8) is 0 Å². The zero-order valence-corrected chi connectivity index (χ0v) is 6.00. The second-order valence-electron chi connectivity index (χ2n) is 2.40. The number of hydrogen-bond donors (Lipinski definition) is 0. The predicted octanol–water partition coefficient (Wildman–Crippen LogP) is 2.02. The molecule has 0 radical (unpaired) electrons. The van der Waals surface area contributed by atoms with Gasteiger partial charge in [-0.3, -0.25) is 4.79 Å². The highest BCUT2D eigenvalue weighted by Gasteiger charge is 1.92. The van der Waals surface area contributed by atoms with E-state index in [0.29, 0.717) is 0 Å². The Morgan fingerprint density at radius 3 is 3.00 bits per heavy atom. The van der Waals surface area contributed by atoms with E-state index in [0.717, 1.165) is 18.3 Å². The van der Waals surface area contributed by atoms with Crippen LogP contribution >= 0.6 is 0 Å². The van der Waals surface area contributed by atoms with Crippen LogP contribution in [0.1, 0.15) is 13.3 Å². The summed E-state index contributed by atoms with van der Waals surface area (Å²) in [5, 5.41) is 0. The summed E-state index contributed by atoms with van der Waals surface area (Å²) in [6.45, 7) is 2.05. The van der Waals surface area contributed by atoms with Gasteiger partial charge in [0.2, 0.25) is 0 Å². The quantitative estimate of drug-likeness (QED) is 0.501. The van der Waals surface area contributed by atoms with E-state index in [1.807, 2.05) is 24.3 Å². The van der Waals surface area contributed by atoms with Crippen LogP contribution in [0.2, 0.25) is 0 Å². The number of carbonyl (C=O) groups is 1. The van der Waals surface area contributed by atoms with Gasteiger partial charge in [-0.25, -0.2) is 0 Å². The van der Waals surface area contributed by atoms with Crippen molar-refractivity contribution < 1.29 is 4.79 Å². The molecule has 0 atom stereocenters. The minimum absolute atomic E-state index is 0.747. The van der Waals surface area contributed by atoms with Gasteiger partial charge >= 0.3 is 0 Å². The molecule has 1 aliphatic rings. The predicted molar refractivity (Wildman–Crippen MR) is 41.7 cm³/mol. The third kappa shape index (κ3) is 1.69. The van der Waals surface area contributed by atoms with E-state index in [2.05, 4.69) is 6.92 Å². The Kier molecular flexibility index (Phi) is 2.21. The molecular weight excluding hydrogens is 124 g/mol. The number of carbonyl (C=O) groups excluding carboxylic acids is 1. The Morgan fingerprint density at radius 2 is 2.30 bits per heavy atom. The lowest BCUT2D eigenvalue weighted by molar-refractivity contribution is -0.104. The van der Waals surface area contributed by atoms with E-state index in [9.17, 15) is 4.79 Å². The van der Waals surface area contributed by atoms with Crippen molar-refractivity contribution >= 4 is 6.29 Å². The molecule has 1 aliphatic carbocycles. The zero-order valence-electron chi connectivity index (χ0n) is 6.00. The number of rotatable bonds is 1. The maximum atomic E-state index is 10.3. The van der Waals surface area contributed by atoms with Gasteiger partial charge in [0.1, 0.15) is 6.29 Å². The highest BCUT2D eigenvalue weighted by atomic mass is 16.1. The molecule has 1 nitrogen and oxygen atoms in total. The van der Waals surface area contributed by atoms with Crippen LogP contribution in [0.15, 0.2) is 35.5 Å². The van der Waals surface area contributed by atoms with Gasteiger partial charge in [-0.2, -0.15) is 0 Å². The lowest BCUT2D eigenvalue weighted by Crippen LogP contribution is -1.74. The molecular formula is C9H10O. The molecule has 1 heteroatoms. The van der Waals surface area contributed by atoms with Crippen molar-refractivity contribution in [2.45, 2.75) is 13.3 Å². The average molecular weight is 134 g/mol. The van der Waals surface area contributed by atoms with Crippen LogP contribution in [-0.4, -0.2) is 6.29 Å². The molecule has 0 bridgehead atoms. The SMILES string of the molecule is CC1=CC=C(C=O)C=CC1. The molecule has 0 amide bonds. The zero-order chi connectivity index (χ0) is 7.40. The second kappa shape index (κ2) is 3.16. The highest BCUT2D eigenvalue weighted by Crippen LogP contribution is 2.08. The van der Waals surface area contributed by atoms with Crippen molar-refractivity contribution in [3.8, 4) is 0 Å². The van der Waals surface area contributed by atoms with Gasteiger partial charge < -0.3 is 0 Å². The Morgan fingerprint density at radius 1 is 1.50 bits per heavy atom. The van der Waals surface area contributed by atoms with E-state index in [-0.39, 0.29) is 0 Å². The average Bonchev–Trinajstić information content (AvgIpc) is 2.14. The summed E-state index contributed by atoms with van der Waals surface area (Å²) in [5.41, 5.74) is 2.03. The number of hydrogen-bond acceptors (Lipinski definition) is 1. The molecule has 0 saturated carbocycles. The van der Waals surface area contributed by atoms with Crippen LogP contribution in [0, 0.1) is 0 Å². The third-order valence-electron chi connectivity index (χ3n) is 1.45. The molecule has 0 N–H and O–H groups in total. The fourth-order valence-electron chi connectivity index (χ4n) is 0.822. The molecule has 0 saturated heterocycles. The third-order valence-corrected chi connectivity index (χ3v) is 1.45. The number of allylic oxidation sites excluding steroid dienone is 6. The molecule has 0 aromatic carbocycles. The van der Waals surface area contributed by atoms with Gasteiger partial charge in [0.25, 0.3) is 0 Å². The topological polar surface area (TPSA) is 17.1 Å². The summed E-state index contributed by atoms with van der Waals surface area (Å²) in [6.07, 6.45) is 9.48. The first-order valence-corrected chi connectivity index (χ1v) is 3.32. The Hall–Kier alpha value is -1.11. The summed E-state index contributed by atoms with van der Waals surface area (Å²) in [6, 6.07) is 0.